The minimum absolute atomic E-state index is 0.0171. The molecule has 2 aromatic heterocycles. The summed E-state index contributed by atoms with van der Waals surface area (Å²) in [7, 11) is 0. The van der Waals surface area contributed by atoms with E-state index in [9.17, 15) is 29.4 Å². The predicted octanol–water partition coefficient (Wildman–Crippen LogP) is 5.25. The molecule has 4 heterocycles. The second-order valence-corrected chi connectivity index (χ2v) is 20.1. The van der Waals surface area contributed by atoms with Crippen LogP contribution in [-0.2, 0) is 23.9 Å². The summed E-state index contributed by atoms with van der Waals surface area (Å²) in [6, 6.07) is 3.08. The van der Waals surface area contributed by atoms with Crippen molar-refractivity contribution >= 4 is 51.2 Å². The second-order valence-electron chi connectivity index (χ2n) is 19.2. The van der Waals surface area contributed by atoms with Gasteiger partial charge in [-0.1, -0.05) is 34.1 Å². The molecule has 5 N–H and O–H groups in total. The van der Waals surface area contributed by atoms with Crippen molar-refractivity contribution in [2.45, 2.75) is 116 Å². The van der Waals surface area contributed by atoms with Crippen LogP contribution in [0.1, 0.15) is 80.1 Å². The smallest absolute Gasteiger partial charge is 0.408 e. The maximum Gasteiger partial charge on any atom is 0.408 e. The summed E-state index contributed by atoms with van der Waals surface area (Å²) >= 11 is 1.42. The number of morpholine rings is 1. The number of rotatable bonds is 16. The van der Waals surface area contributed by atoms with Crippen molar-refractivity contribution in [2.75, 3.05) is 51.3 Å². The molecule has 63 heavy (non-hydrogen) atoms. The Morgan fingerprint density at radius 2 is 1.76 bits per heavy atom. The molecule has 2 aliphatic heterocycles. The molecule has 8 atom stereocenters. The second kappa shape index (κ2) is 17.9. The number of nitrogens with zero attached hydrogens (tertiary/aromatic N) is 4. The fraction of sp³-hybridized carbons (Fsp3) is 0.644. The Bertz CT molecular complexity index is 2200. The van der Waals surface area contributed by atoms with Crippen molar-refractivity contribution in [3.8, 4) is 28.6 Å². The Hall–Kier alpha value is -4.94. The first-order chi connectivity index (χ1) is 30.0. The first-order valence-corrected chi connectivity index (χ1v) is 23.2. The van der Waals surface area contributed by atoms with E-state index in [0.717, 1.165) is 25.9 Å². The van der Waals surface area contributed by atoms with Gasteiger partial charge in [0.05, 0.1) is 25.5 Å². The van der Waals surface area contributed by atoms with E-state index in [4.69, 9.17) is 28.9 Å². The van der Waals surface area contributed by atoms with E-state index in [1.165, 1.54) is 22.7 Å². The van der Waals surface area contributed by atoms with Gasteiger partial charge in [0.1, 0.15) is 53.4 Å². The number of carboxylic acids is 1. The summed E-state index contributed by atoms with van der Waals surface area (Å²) < 4.78 is 24.1. The van der Waals surface area contributed by atoms with Crippen LogP contribution in [0.5, 0.6) is 17.2 Å². The van der Waals surface area contributed by atoms with Gasteiger partial charge in [-0.05, 0) is 74.8 Å². The number of amides is 3. The van der Waals surface area contributed by atoms with Crippen molar-refractivity contribution in [3.05, 3.63) is 23.6 Å². The number of likely N-dealkylation sites (tertiary alicyclic amines) is 1. The number of nitrogens with one attached hydrogen (secondary N) is 3. The summed E-state index contributed by atoms with van der Waals surface area (Å²) in [5, 5.41) is 33.9. The third-order valence-corrected chi connectivity index (χ3v) is 13.9. The molecule has 342 valence electrons. The van der Waals surface area contributed by atoms with Crippen LogP contribution in [0.15, 0.2) is 23.6 Å². The zero-order valence-corrected chi connectivity index (χ0v) is 37.8. The lowest BCUT2D eigenvalue weighted by Gasteiger charge is -2.35. The summed E-state index contributed by atoms with van der Waals surface area (Å²) in [6.45, 7) is 15.2. The quantitative estimate of drug-likeness (QED) is 0.124. The van der Waals surface area contributed by atoms with E-state index in [2.05, 4.69) is 20.9 Å². The summed E-state index contributed by atoms with van der Waals surface area (Å²) in [5.74, 6) is -0.909. The zero-order valence-electron chi connectivity index (χ0n) is 37.0. The van der Waals surface area contributed by atoms with E-state index >= 15 is 0 Å². The van der Waals surface area contributed by atoms with Crippen molar-refractivity contribution in [1.29, 1.82) is 0 Å². The van der Waals surface area contributed by atoms with Gasteiger partial charge in [0.2, 0.25) is 11.8 Å². The third-order valence-electron chi connectivity index (χ3n) is 13.1. The largest absolute Gasteiger partial charge is 0.503 e. The number of aliphatic carboxylic acids is 1. The van der Waals surface area contributed by atoms with E-state index in [0.29, 0.717) is 72.3 Å². The van der Waals surface area contributed by atoms with Gasteiger partial charge in [0.15, 0.2) is 16.6 Å². The molecule has 3 aliphatic carbocycles. The van der Waals surface area contributed by atoms with Gasteiger partial charge in [-0.15, -0.1) is 11.3 Å². The molecule has 3 aromatic rings. The summed E-state index contributed by atoms with van der Waals surface area (Å²) in [5.41, 5.74) is -1.05. The zero-order chi connectivity index (χ0) is 44.8. The van der Waals surface area contributed by atoms with Crippen molar-refractivity contribution in [2.24, 2.45) is 23.2 Å². The molecule has 5 aliphatic rings. The number of benzene rings is 1. The number of hydrogen-bond donors (Lipinski definition) is 5. The van der Waals surface area contributed by atoms with Gasteiger partial charge in [-0.2, -0.15) is 0 Å². The molecule has 3 amide bonds. The van der Waals surface area contributed by atoms with E-state index in [1.54, 1.807) is 18.2 Å². The maximum absolute atomic E-state index is 14.8. The minimum Gasteiger partial charge on any atom is -0.503 e. The molecule has 18 heteroatoms. The van der Waals surface area contributed by atoms with E-state index < -0.39 is 53.0 Å². The number of carbonyl (C=O) groups excluding carboxylic acids is 3. The van der Waals surface area contributed by atoms with E-state index in [1.807, 2.05) is 46.9 Å². The number of phenolic OH excluding ortho intramolecular Hbond substituents is 1. The SMILES string of the molecule is CC[C@@H]1CC1(NC(=O)[C@@H]1C[C@@H](Oc2cc(-c3csc(NC(C)C)n3)nc3c(O)c(OCCN4CCOCC4)ccc23)CN1C(=O)[C@@H](NC(=O)OC1C[C@@H]2C[C@@H]2C1)C(C)(C)C)C(=O)O. The molecule has 3 saturated carbocycles. The molecule has 17 nitrogen and oxygen atoms in total. The number of aromatic hydroxyl groups is 1. The number of ether oxygens (including phenoxy) is 4. The van der Waals surface area contributed by atoms with Crippen molar-refractivity contribution in [3.63, 3.8) is 0 Å². The Balaban J connectivity index is 1.09. The number of carbonyl (C=O) groups is 4. The fourth-order valence-electron chi connectivity index (χ4n) is 9.41. The number of thiazole rings is 1. The number of anilines is 1. The highest BCUT2D eigenvalue weighted by molar-refractivity contribution is 7.14. The Morgan fingerprint density at radius 3 is 2.43 bits per heavy atom. The van der Waals surface area contributed by atoms with Crippen molar-refractivity contribution < 1.29 is 48.3 Å². The number of hydrogen-bond acceptors (Lipinski definition) is 14. The monoisotopic (exact) mass is 891 g/mol. The highest BCUT2D eigenvalue weighted by atomic mass is 32.1. The summed E-state index contributed by atoms with van der Waals surface area (Å²) in [4.78, 5) is 68.2. The minimum atomic E-state index is -1.43. The number of alkyl carbamates (subject to hydrolysis) is 1. The van der Waals surface area contributed by atoms with E-state index in [-0.39, 0.29) is 54.5 Å². The number of fused-ring (bicyclic) bond motifs is 2. The average Bonchev–Trinajstić information content (AvgIpc) is 3.91. The topological polar surface area (TPSA) is 214 Å². The van der Waals surface area contributed by atoms with Crippen LogP contribution in [0.4, 0.5) is 9.93 Å². The molecule has 8 rings (SSSR count). The highest BCUT2D eigenvalue weighted by Crippen LogP contribution is 2.52. The normalized spacial score (nSPS) is 27.1. The van der Waals surface area contributed by atoms with Crippen LogP contribution in [0, 0.1) is 23.2 Å². The molecular formula is C45H61N7O10S. The highest BCUT2D eigenvalue weighted by Gasteiger charge is 2.61. The molecule has 1 aromatic carbocycles. The Kier molecular flexibility index (Phi) is 12.7. The first kappa shape index (κ1) is 44.7. The maximum atomic E-state index is 14.8. The third kappa shape index (κ3) is 9.77. The summed E-state index contributed by atoms with van der Waals surface area (Å²) in [6.07, 6.45) is 1.99. The molecule has 2 unspecified atom stereocenters. The number of phenols is 1. The van der Waals surface area contributed by atoms with Crippen LogP contribution in [0.25, 0.3) is 22.3 Å². The van der Waals surface area contributed by atoms with Gasteiger partial charge < -0.3 is 50.0 Å². The first-order valence-electron chi connectivity index (χ1n) is 22.3. The van der Waals surface area contributed by atoms with Gasteiger partial charge in [-0.25, -0.2) is 19.6 Å². The Morgan fingerprint density at radius 1 is 1.02 bits per heavy atom. The Labute approximate surface area is 371 Å². The molecule has 0 spiro atoms. The average molecular weight is 892 g/mol. The number of pyridine rings is 1. The lowest BCUT2D eigenvalue weighted by Crippen LogP contribution is -2.59. The van der Waals surface area contributed by atoms with Crippen molar-refractivity contribution in [1.82, 2.24) is 30.4 Å². The number of aromatic nitrogens is 2. The number of carboxylic acid groups (broad SMARTS) is 1. The molecule has 0 radical (unpaired) electrons. The van der Waals surface area contributed by atoms with Crippen LogP contribution in [0.3, 0.4) is 0 Å². The molecule has 5 fully saturated rings. The van der Waals surface area contributed by atoms with Crippen LogP contribution >= 0.6 is 11.3 Å². The van der Waals surface area contributed by atoms with Gasteiger partial charge in [0, 0.05) is 48.9 Å². The van der Waals surface area contributed by atoms with Gasteiger partial charge in [-0.3, -0.25) is 14.5 Å². The van der Waals surface area contributed by atoms with Crippen LogP contribution in [-0.4, -0.2) is 136 Å². The standard InChI is InChI=1S/C45H61N7O10S/c1-7-27-21-45(27,41(56)57)50-39(54)33-19-29(22-52(33)40(55)38(44(4,5)6)49-43(58)62-28-17-25-16-26(25)18-28)61-35-20-31(32-23-63-42(48-32)46-24(2)3)47-36-30(35)8-9-34(37(36)53)60-15-12-51-10-13-59-14-11-51/h8-9,20,23-29,33,38,53H,7,10-19,21-22H2,1-6H3,(H,46,48)(H,49,58)(H,50,54)(H,56,57)/t25-,26+,27-,28?,29-,33+,38-,45?/m1/s1. The van der Waals surface area contributed by atoms with Crippen LogP contribution in [0.2, 0.25) is 0 Å². The lowest BCUT2D eigenvalue weighted by molar-refractivity contribution is -0.146. The fourth-order valence-corrected chi connectivity index (χ4v) is 10.3. The lowest BCUT2D eigenvalue weighted by atomic mass is 9.85. The van der Waals surface area contributed by atoms with Crippen LogP contribution < -0.4 is 25.4 Å². The molecule has 0 bridgehead atoms. The molecular weight excluding hydrogens is 831 g/mol. The van der Waals surface area contributed by atoms with Gasteiger partial charge >= 0.3 is 12.1 Å². The molecule has 2 saturated heterocycles. The van der Waals surface area contributed by atoms with Gasteiger partial charge in [0.25, 0.3) is 0 Å². The predicted molar refractivity (Wildman–Crippen MR) is 235 cm³/mol.